The molecule has 0 aliphatic carbocycles. The zero-order chi connectivity index (χ0) is 11.7. The SMILES string of the molecule is CC(C)N1CC[C@H](N)[C@H]1c1cccc(N)c1. The van der Waals surface area contributed by atoms with Crippen LogP contribution in [0.25, 0.3) is 0 Å². The van der Waals surface area contributed by atoms with Gasteiger partial charge in [-0.15, -0.1) is 0 Å². The Balaban J connectivity index is 2.30. The van der Waals surface area contributed by atoms with Crippen LogP contribution in [-0.4, -0.2) is 23.5 Å². The Labute approximate surface area is 97.4 Å². The zero-order valence-corrected chi connectivity index (χ0v) is 10.1. The molecule has 3 nitrogen and oxygen atoms in total. The van der Waals surface area contributed by atoms with Crippen LogP contribution < -0.4 is 11.5 Å². The lowest BCUT2D eigenvalue weighted by atomic mass is 9.99. The number of nitrogens with two attached hydrogens (primary N) is 2. The van der Waals surface area contributed by atoms with Gasteiger partial charge in [0.1, 0.15) is 0 Å². The van der Waals surface area contributed by atoms with Crippen molar-refractivity contribution in [1.82, 2.24) is 4.90 Å². The van der Waals surface area contributed by atoms with E-state index in [9.17, 15) is 0 Å². The van der Waals surface area contributed by atoms with Gasteiger partial charge in [0, 0.05) is 24.3 Å². The first-order valence-corrected chi connectivity index (χ1v) is 5.96. The molecule has 3 heteroatoms. The first kappa shape index (κ1) is 11.4. The van der Waals surface area contributed by atoms with Crippen molar-refractivity contribution in [3.8, 4) is 0 Å². The van der Waals surface area contributed by atoms with E-state index in [1.807, 2.05) is 18.2 Å². The Morgan fingerprint density at radius 1 is 1.38 bits per heavy atom. The number of hydrogen-bond donors (Lipinski definition) is 2. The summed E-state index contributed by atoms with van der Waals surface area (Å²) < 4.78 is 0. The molecule has 0 spiro atoms. The number of benzene rings is 1. The van der Waals surface area contributed by atoms with Gasteiger partial charge in [-0.25, -0.2) is 0 Å². The van der Waals surface area contributed by atoms with Gasteiger partial charge < -0.3 is 11.5 Å². The Kier molecular flexibility index (Phi) is 3.17. The van der Waals surface area contributed by atoms with Gasteiger partial charge in [-0.1, -0.05) is 12.1 Å². The first-order chi connectivity index (χ1) is 7.59. The predicted octanol–water partition coefficient (Wildman–Crippen LogP) is 1.75. The second-order valence-corrected chi connectivity index (χ2v) is 4.90. The predicted molar refractivity (Wildman–Crippen MR) is 68.0 cm³/mol. The molecule has 1 aliphatic rings. The maximum absolute atomic E-state index is 6.21. The van der Waals surface area contributed by atoms with E-state index in [0.29, 0.717) is 12.1 Å². The highest BCUT2D eigenvalue weighted by Gasteiger charge is 2.34. The summed E-state index contributed by atoms with van der Waals surface area (Å²) in [6.07, 6.45) is 1.07. The minimum Gasteiger partial charge on any atom is -0.399 e. The summed E-state index contributed by atoms with van der Waals surface area (Å²) >= 11 is 0. The van der Waals surface area contributed by atoms with E-state index in [0.717, 1.165) is 18.7 Å². The summed E-state index contributed by atoms with van der Waals surface area (Å²) in [7, 11) is 0. The van der Waals surface area contributed by atoms with E-state index in [1.54, 1.807) is 0 Å². The lowest BCUT2D eigenvalue weighted by molar-refractivity contribution is 0.198. The fourth-order valence-corrected chi connectivity index (χ4v) is 2.60. The standard InChI is InChI=1S/C13H21N3/c1-9(2)16-7-6-12(15)13(16)10-4-3-5-11(14)8-10/h3-5,8-9,12-13H,6-7,14-15H2,1-2H3/t12-,13+/m0/s1. The first-order valence-electron chi connectivity index (χ1n) is 5.96. The van der Waals surface area contributed by atoms with Crippen molar-refractivity contribution in [1.29, 1.82) is 0 Å². The topological polar surface area (TPSA) is 55.3 Å². The minimum absolute atomic E-state index is 0.226. The van der Waals surface area contributed by atoms with Crippen LogP contribution in [-0.2, 0) is 0 Å². The molecule has 88 valence electrons. The Hall–Kier alpha value is -1.06. The van der Waals surface area contributed by atoms with Crippen LogP contribution >= 0.6 is 0 Å². The molecule has 0 unspecified atom stereocenters. The number of rotatable bonds is 2. The van der Waals surface area contributed by atoms with Crippen LogP contribution in [0.15, 0.2) is 24.3 Å². The summed E-state index contributed by atoms with van der Waals surface area (Å²) in [5.41, 5.74) is 14.1. The number of anilines is 1. The quantitative estimate of drug-likeness (QED) is 0.745. The number of nitrogens with zero attached hydrogens (tertiary/aromatic N) is 1. The Bertz CT molecular complexity index is 362. The molecule has 0 bridgehead atoms. The van der Waals surface area contributed by atoms with Crippen molar-refractivity contribution in [2.45, 2.75) is 38.4 Å². The largest absolute Gasteiger partial charge is 0.399 e. The zero-order valence-electron chi connectivity index (χ0n) is 10.1. The molecule has 1 aromatic rings. The summed E-state index contributed by atoms with van der Waals surface area (Å²) in [6.45, 7) is 5.52. The molecule has 0 radical (unpaired) electrons. The van der Waals surface area contributed by atoms with Gasteiger partial charge in [-0.2, -0.15) is 0 Å². The van der Waals surface area contributed by atoms with Crippen LogP contribution in [0.5, 0.6) is 0 Å². The fourth-order valence-electron chi connectivity index (χ4n) is 2.60. The van der Waals surface area contributed by atoms with Gasteiger partial charge in [0.2, 0.25) is 0 Å². The van der Waals surface area contributed by atoms with Crippen molar-refractivity contribution >= 4 is 5.69 Å². The molecule has 1 aliphatic heterocycles. The molecule has 4 N–H and O–H groups in total. The molecule has 0 amide bonds. The van der Waals surface area contributed by atoms with Gasteiger partial charge in [0.15, 0.2) is 0 Å². The Morgan fingerprint density at radius 2 is 2.12 bits per heavy atom. The molecule has 1 fully saturated rings. The molecule has 1 aromatic carbocycles. The molecule has 1 heterocycles. The monoisotopic (exact) mass is 219 g/mol. The number of hydrogen-bond acceptors (Lipinski definition) is 3. The lowest BCUT2D eigenvalue weighted by Crippen LogP contribution is -2.35. The van der Waals surface area contributed by atoms with Gasteiger partial charge in [-0.3, -0.25) is 4.90 Å². The van der Waals surface area contributed by atoms with E-state index in [1.165, 1.54) is 5.56 Å². The van der Waals surface area contributed by atoms with E-state index in [4.69, 9.17) is 11.5 Å². The third-order valence-electron chi connectivity index (χ3n) is 3.40. The van der Waals surface area contributed by atoms with E-state index < -0.39 is 0 Å². The fraction of sp³-hybridized carbons (Fsp3) is 0.538. The smallest absolute Gasteiger partial charge is 0.0503 e. The van der Waals surface area contributed by atoms with Crippen molar-refractivity contribution in [3.05, 3.63) is 29.8 Å². The van der Waals surface area contributed by atoms with Crippen molar-refractivity contribution in [2.24, 2.45) is 5.73 Å². The third-order valence-corrected chi connectivity index (χ3v) is 3.40. The molecular formula is C13H21N3. The number of nitrogen functional groups attached to an aromatic ring is 1. The second kappa shape index (κ2) is 4.44. The molecule has 1 saturated heterocycles. The highest BCUT2D eigenvalue weighted by atomic mass is 15.2. The maximum Gasteiger partial charge on any atom is 0.0503 e. The van der Waals surface area contributed by atoms with E-state index in [2.05, 4.69) is 24.8 Å². The van der Waals surface area contributed by atoms with Crippen LogP contribution in [0, 0.1) is 0 Å². The van der Waals surface area contributed by atoms with Gasteiger partial charge in [0.05, 0.1) is 6.04 Å². The summed E-state index contributed by atoms with van der Waals surface area (Å²) in [6, 6.07) is 9.18. The van der Waals surface area contributed by atoms with Gasteiger partial charge in [0.25, 0.3) is 0 Å². The van der Waals surface area contributed by atoms with E-state index >= 15 is 0 Å². The highest BCUT2D eigenvalue weighted by Crippen LogP contribution is 2.33. The van der Waals surface area contributed by atoms with Crippen LogP contribution in [0.2, 0.25) is 0 Å². The molecule has 0 saturated carbocycles. The van der Waals surface area contributed by atoms with Crippen LogP contribution in [0.3, 0.4) is 0 Å². The Morgan fingerprint density at radius 3 is 2.75 bits per heavy atom. The molecule has 16 heavy (non-hydrogen) atoms. The highest BCUT2D eigenvalue weighted by molar-refractivity contribution is 5.42. The average molecular weight is 219 g/mol. The second-order valence-electron chi connectivity index (χ2n) is 4.90. The van der Waals surface area contributed by atoms with Crippen LogP contribution in [0.1, 0.15) is 31.9 Å². The summed E-state index contributed by atoms with van der Waals surface area (Å²) in [5.74, 6) is 0. The maximum atomic E-state index is 6.21. The lowest BCUT2D eigenvalue weighted by Gasteiger charge is -2.30. The summed E-state index contributed by atoms with van der Waals surface area (Å²) in [4.78, 5) is 2.46. The third kappa shape index (κ3) is 2.06. The minimum atomic E-state index is 0.226. The molecule has 2 rings (SSSR count). The van der Waals surface area contributed by atoms with Crippen molar-refractivity contribution in [3.63, 3.8) is 0 Å². The molecular weight excluding hydrogens is 198 g/mol. The van der Waals surface area contributed by atoms with Gasteiger partial charge in [-0.05, 0) is 38.0 Å². The molecule has 2 atom stereocenters. The average Bonchev–Trinajstić information content (AvgIpc) is 2.60. The van der Waals surface area contributed by atoms with E-state index in [-0.39, 0.29) is 6.04 Å². The normalized spacial score (nSPS) is 26.5. The molecule has 0 aromatic heterocycles. The summed E-state index contributed by atoms with van der Waals surface area (Å²) in [5, 5.41) is 0. The van der Waals surface area contributed by atoms with Crippen LogP contribution in [0.4, 0.5) is 5.69 Å². The van der Waals surface area contributed by atoms with Crippen molar-refractivity contribution < 1.29 is 0 Å². The van der Waals surface area contributed by atoms with Gasteiger partial charge >= 0.3 is 0 Å². The van der Waals surface area contributed by atoms with Crippen molar-refractivity contribution in [2.75, 3.05) is 12.3 Å². The number of likely N-dealkylation sites (tertiary alicyclic amines) is 1.